The average Bonchev–Trinajstić information content (AvgIpc) is 2.25. The number of hydrogen-bond acceptors (Lipinski definition) is 4. The van der Waals surface area contributed by atoms with Crippen molar-refractivity contribution in [3.05, 3.63) is 23.5 Å². The van der Waals surface area contributed by atoms with Crippen LogP contribution in [0.25, 0.3) is 0 Å². The topological polar surface area (TPSA) is 118 Å². The Balaban J connectivity index is 2.73. The molecule has 98 valence electrons. The number of nitrogen functional groups attached to an aromatic ring is 1. The van der Waals surface area contributed by atoms with Crippen molar-refractivity contribution in [3.63, 3.8) is 0 Å². The van der Waals surface area contributed by atoms with Gasteiger partial charge in [0, 0.05) is 18.7 Å². The Bertz CT molecular complexity index is 477. The number of rotatable bonds is 6. The van der Waals surface area contributed by atoms with Crippen molar-refractivity contribution in [3.8, 4) is 0 Å². The summed E-state index contributed by atoms with van der Waals surface area (Å²) in [5.74, 6) is -2.31. The fourth-order valence-corrected chi connectivity index (χ4v) is 1.40. The van der Waals surface area contributed by atoms with Crippen LogP contribution in [0.4, 0.5) is 15.8 Å². The van der Waals surface area contributed by atoms with E-state index in [1.54, 1.807) is 0 Å². The van der Waals surface area contributed by atoms with E-state index in [-0.39, 0.29) is 23.4 Å². The molecule has 0 heterocycles. The third-order valence-corrected chi connectivity index (χ3v) is 2.29. The van der Waals surface area contributed by atoms with Crippen LogP contribution in [0.15, 0.2) is 12.1 Å². The molecular formula is C11H14FN3O3. The van der Waals surface area contributed by atoms with Gasteiger partial charge in [-0.25, -0.2) is 9.18 Å². The van der Waals surface area contributed by atoms with Crippen LogP contribution < -0.4 is 16.8 Å². The molecule has 0 aliphatic carbocycles. The zero-order valence-electron chi connectivity index (χ0n) is 9.57. The summed E-state index contributed by atoms with van der Waals surface area (Å²) in [6.07, 6.45) is 0.608. The number of nitrogens with one attached hydrogen (secondary N) is 1. The summed E-state index contributed by atoms with van der Waals surface area (Å²) in [5, 5.41) is 11.5. The van der Waals surface area contributed by atoms with E-state index in [9.17, 15) is 14.0 Å². The second-order valence-electron chi connectivity index (χ2n) is 3.72. The summed E-state index contributed by atoms with van der Waals surface area (Å²) < 4.78 is 13.5. The molecule has 6 nitrogen and oxygen atoms in total. The quantitative estimate of drug-likeness (QED) is 0.442. The largest absolute Gasteiger partial charge is 0.478 e. The number of anilines is 2. The number of benzene rings is 1. The number of hydrogen-bond donors (Lipinski definition) is 4. The molecule has 0 atom stereocenters. The highest BCUT2D eigenvalue weighted by molar-refractivity contribution is 5.94. The van der Waals surface area contributed by atoms with E-state index in [2.05, 4.69) is 5.32 Å². The van der Waals surface area contributed by atoms with Crippen molar-refractivity contribution in [2.24, 2.45) is 5.73 Å². The predicted molar refractivity (Wildman–Crippen MR) is 64.7 cm³/mol. The summed E-state index contributed by atoms with van der Waals surface area (Å²) in [5.41, 5.74) is 10.1. The Hall–Kier alpha value is -2.31. The van der Waals surface area contributed by atoms with Crippen molar-refractivity contribution >= 4 is 23.3 Å². The third kappa shape index (κ3) is 3.62. The Kier molecular flexibility index (Phi) is 4.47. The molecule has 1 aromatic carbocycles. The van der Waals surface area contributed by atoms with Crippen LogP contribution in [0.2, 0.25) is 0 Å². The molecule has 1 amide bonds. The highest BCUT2D eigenvalue weighted by Crippen LogP contribution is 2.22. The van der Waals surface area contributed by atoms with Crippen LogP contribution in [0, 0.1) is 5.82 Å². The van der Waals surface area contributed by atoms with E-state index < -0.39 is 17.7 Å². The summed E-state index contributed by atoms with van der Waals surface area (Å²) in [6.45, 7) is 0.308. The molecule has 0 bridgehead atoms. The molecule has 0 aromatic heterocycles. The molecule has 1 aromatic rings. The van der Waals surface area contributed by atoms with Gasteiger partial charge < -0.3 is 21.9 Å². The zero-order chi connectivity index (χ0) is 13.7. The average molecular weight is 255 g/mol. The number of aromatic carboxylic acids is 1. The van der Waals surface area contributed by atoms with Crippen molar-refractivity contribution < 1.29 is 19.1 Å². The molecule has 0 radical (unpaired) electrons. The van der Waals surface area contributed by atoms with Gasteiger partial charge in [-0.15, -0.1) is 0 Å². The van der Waals surface area contributed by atoms with Crippen LogP contribution in [0.1, 0.15) is 23.2 Å². The number of carbonyl (C=O) groups excluding carboxylic acids is 1. The minimum Gasteiger partial charge on any atom is -0.478 e. The first-order valence-electron chi connectivity index (χ1n) is 5.26. The van der Waals surface area contributed by atoms with Crippen LogP contribution in [0.5, 0.6) is 0 Å². The number of carboxylic acids is 1. The molecule has 7 heteroatoms. The van der Waals surface area contributed by atoms with E-state index in [4.69, 9.17) is 16.6 Å². The second kappa shape index (κ2) is 5.85. The summed E-state index contributed by atoms with van der Waals surface area (Å²) in [7, 11) is 0. The van der Waals surface area contributed by atoms with Crippen LogP contribution in [0.3, 0.4) is 0 Å². The molecule has 0 saturated heterocycles. The first-order valence-corrected chi connectivity index (χ1v) is 5.26. The Morgan fingerprint density at radius 1 is 1.39 bits per heavy atom. The minimum absolute atomic E-state index is 0.0334. The smallest absolute Gasteiger partial charge is 0.337 e. The van der Waals surface area contributed by atoms with E-state index >= 15 is 0 Å². The number of carboxylic acid groups (broad SMARTS) is 1. The maximum absolute atomic E-state index is 13.5. The van der Waals surface area contributed by atoms with Gasteiger partial charge in [-0.1, -0.05) is 0 Å². The van der Waals surface area contributed by atoms with Crippen molar-refractivity contribution in [2.45, 2.75) is 12.8 Å². The number of halogens is 1. The molecule has 18 heavy (non-hydrogen) atoms. The van der Waals surface area contributed by atoms with Gasteiger partial charge in [0.2, 0.25) is 5.91 Å². The van der Waals surface area contributed by atoms with Gasteiger partial charge in [-0.3, -0.25) is 4.79 Å². The van der Waals surface area contributed by atoms with Gasteiger partial charge in [0.05, 0.1) is 11.3 Å². The summed E-state index contributed by atoms with van der Waals surface area (Å²) >= 11 is 0. The normalized spacial score (nSPS) is 10.1. The monoisotopic (exact) mass is 255 g/mol. The first kappa shape index (κ1) is 13.8. The summed E-state index contributed by atoms with van der Waals surface area (Å²) in [4.78, 5) is 21.3. The van der Waals surface area contributed by atoms with Gasteiger partial charge in [0.1, 0.15) is 5.82 Å². The molecule has 0 unspecified atom stereocenters. The van der Waals surface area contributed by atoms with Gasteiger partial charge >= 0.3 is 5.97 Å². The molecule has 6 N–H and O–H groups in total. The maximum Gasteiger partial charge on any atom is 0.337 e. The molecule has 0 spiro atoms. The standard InChI is InChI=1S/C11H14FN3O3/c12-7-5-8(13)6(11(17)18)4-9(7)15-3-1-2-10(14)16/h4-5,15H,1-3,13H2,(H2,14,16)(H,17,18). The second-order valence-corrected chi connectivity index (χ2v) is 3.72. The van der Waals surface area contributed by atoms with Crippen LogP contribution in [-0.4, -0.2) is 23.5 Å². The summed E-state index contributed by atoms with van der Waals surface area (Å²) in [6, 6.07) is 2.07. The van der Waals surface area contributed by atoms with E-state index in [1.165, 1.54) is 0 Å². The number of primary amides is 1. The number of carbonyl (C=O) groups is 2. The minimum atomic E-state index is -1.23. The van der Waals surface area contributed by atoms with Gasteiger partial charge in [-0.2, -0.15) is 0 Å². The lowest BCUT2D eigenvalue weighted by atomic mass is 10.1. The predicted octanol–water partition coefficient (Wildman–Crippen LogP) is 0.783. The van der Waals surface area contributed by atoms with Crippen molar-refractivity contribution in [2.75, 3.05) is 17.6 Å². The van der Waals surface area contributed by atoms with Crippen molar-refractivity contribution in [1.29, 1.82) is 0 Å². The van der Waals surface area contributed by atoms with E-state index in [1.807, 2.05) is 0 Å². The van der Waals surface area contributed by atoms with Gasteiger partial charge in [0.25, 0.3) is 0 Å². The lowest BCUT2D eigenvalue weighted by Crippen LogP contribution is -2.13. The lowest BCUT2D eigenvalue weighted by Gasteiger charge is -2.09. The van der Waals surface area contributed by atoms with Gasteiger partial charge in [-0.05, 0) is 18.6 Å². The fourth-order valence-electron chi connectivity index (χ4n) is 1.40. The highest BCUT2D eigenvalue weighted by Gasteiger charge is 2.12. The highest BCUT2D eigenvalue weighted by atomic mass is 19.1. The van der Waals surface area contributed by atoms with Crippen LogP contribution in [-0.2, 0) is 4.79 Å². The molecule has 0 saturated carbocycles. The molecule has 0 aliphatic rings. The molecular weight excluding hydrogens is 241 g/mol. The number of nitrogens with two attached hydrogens (primary N) is 2. The van der Waals surface area contributed by atoms with E-state index in [0.717, 1.165) is 12.1 Å². The lowest BCUT2D eigenvalue weighted by molar-refractivity contribution is -0.118. The molecule has 0 fully saturated rings. The number of amides is 1. The maximum atomic E-state index is 13.5. The van der Waals surface area contributed by atoms with Gasteiger partial charge in [0.15, 0.2) is 0 Å². The SMILES string of the molecule is NC(=O)CCCNc1cc(C(=O)O)c(N)cc1F. The Morgan fingerprint density at radius 3 is 2.61 bits per heavy atom. The molecule has 1 rings (SSSR count). The third-order valence-electron chi connectivity index (χ3n) is 2.29. The zero-order valence-corrected chi connectivity index (χ0v) is 9.57. The van der Waals surface area contributed by atoms with Crippen LogP contribution >= 0.6 is 0 Å². The van der Waals surface area contributed by atoms with E-state index in [0.29, 0.717) is 13.0 Å². The molecule has 0 aliphatic heterocycles. The Labute approximate surface area is 103 Å². The first-order chi connectivity index (χ1) is 8.41. The Morgan fingerprint density at radius 2 is 2.06 bits per heavy atom. The van der Waals surface area contributed by atoms with Crippen molar-refractivity contribution in [1.82, 2.24) is 0 Å². The fraction of sp³-hybridized carbons (Fsp3) is 0.273.